The number of sulfonamides is 1. The van der Waals surface area contributed by atoms with Gasteiger partial charge in [-0.15, -0.1) is 0 Å². The van der Waals surface area contributed by atoms with Crippen LogP contribution < -0.4 is 10.6 Å². The van der Waals surface area contributed by atoms with Crippen molar-refractivity contribution in [3.8, 4) is 0 Å². The van der Waals surface area contributed by atoms with Gasteiger partial charge in [0.15, 0.2) is 0 Å². The summed E-state index contributed by atoms with van der Waals surface area (Å²) in [5.41, 5.74) is 1.32. The Morgan fingerprint density at radius 1 is 1.29 bits per heavy atom. The molecule has 11 heteroatoms. The highest BCUT2D eigenvalue weighted by atomic mass is 32.2. The molecule has 0 amide bonds. The van der Waals surface area contributed by atoms with Gasteiger partial charge in [-0.25, -0.2) is 22.2 Å². The van der Waals surface area contributed by atoms with E-state index in [2.05, 4.69) is 34.4 Å². The van der Waals surface area contributed by atoms with Crippen molar-refractivity contribution in [1.29, 1.82) is 0 Å². The average Bonchev–Trinajstić information content (AvgIpc) is 2.99. The van der Waals surface area contributed by atoms with Crippen molar-refractivity contribution in [1.82, 2.24) is 24.2 Å². The van der Waals surface area contributed by atoms with Crippen molar-refractivity contribution in [3.05, 3.63) is 18.0 Å². The lowest BCUT2D eigenvalue weighted by atomic mass is 9.88. The zero-order valence-corrected chi connectivity index (χ0v) is 19.1. The summed E-state index contributed by atoms with van der Waals surface area (Å²) < 4.78 is 56.0. The van der Waals surface area contributed by atoms with Crippen LogP contribution in [0, 0.1) is 6.92 Å². The van der Waals surface area contributed by atoms with Crippen LogP contribution in [0.4, 0.5) is 14.7 Å². The zero-order valence-electron chi connectivity index (χ0n) is 18.3. The highest BCUT2D eigenvalue weighted by molar-refractivity contribution is 7.88. The third kappa shape index (κ3) is 4.54. The van der Waals surface area contributed by atoms with Gasteiger partial charge in [0.2, 0.25) is 16.0 Å². The van der Waals surface area contributed by atoms with E-state index in [-0.39, 0.29) is 37.2 Å². The van der Waals surface area contributed by atoms with E-state index in [1.807, 2.05) is 17.6 Å². The molecule has 172 valence electrons. The maximum Gasteiger partial charge on any atom is 0.224 e. The lowest BCUT2D eigenvalue weighted by Crippen LogP contribution is -2.52. The number of aromatic nitrogens is 3. The van der Waals surface area contributed by atoms with Gasteiger partial charge in [0.05, 0.1) is 18.3 Å². The summed E-state index contributed by atoms with van der Waals surface area (Å²) in [7, 11) is -3.42. The summed E-state index contributed by atoms with van der Waals surface area (Å²) in [5.74, 6) is 0.260. The van der Waals surface area contributed by atoms with E-state index in [9.17, 15) is 17.2 Å². The lowest BCUT2D eigenvalue weighted by molar-refractivity contribution is 0.124. The van der Waals surface area contributed by atoms with Crippen LogP contribution in [-0.2, 0) is 10.0 Å². The van der Waals surface area contributed by atoms with E-state index in [1.54, 1.807) is 6.20 Å². The number of alkyl halides is 2. The van der Waals surface area contributed by atoms with Crippen LogP contribution in [-0.4, -0.2) is 77.1 Å². The van der Waals surface area contributed by atoms with Crippen LogP contribution in [0.5, 0.6) is 0 Å². The molecule has 2 aliphatic heterocycles. The second kappa shape index (κ2) is 7.93. The van der Waals surface area contributed by atoms with Gasteiger partial charge < -0.3 is 15.2 Å². The van der Waals surface area contributed by atoms with Crippen molar-refractivity contribution in [2.75, 3.05) is 31.2 Å². The van der Waals surface area contributed by atoms with Crippen LogP contribution in [0.2, 0.25) is 0 Å². The highest BCUT2D eigenvalue weighted by Crippen LogP contribution is 2.34. The molecule has 0 unspecified atom stereocenters. The molecule has 2 N–H and O–H groups in total. The van der Waals surface area contributed by atoms with Gasteiger partial charge >= 0.3 is 0 Å². The number of nitrogens with one attached hydrogen (secondary N) is 2. The fourth-order valence-electron chi connectivity index (χ4n) is 4.62. The second-order valence-electron chi connectivity index (χ2n) is 9.36. The monoisotopic (exact) mass is 456 g/mol. The molecular formula is C20H30F2N6O2S. The molecule has 2 aromatic heterocycles. The quantitative estimate of drug-likeness (QED) is 0.733. The number of nitrogens with zero attached hydrogens (tertiary/aromatic N) is 4. The average molecular weight is 457 g/mol. The third-order valence-electron chi connectivity index (χ3n) is 6.30. The first-order valence-corrected chi connectivity index (χ1v) is 12.4. The molecule has 2 aromatic rings. The molecular weight excluding hydrogens is 426 g/mol. The predicted molar refractivity (Wildman–Crippen MR) is 116 cm³/mol. The lowest BCUT2D eigenvalue weighted by Gasteiger charge is -2.40. The van der Waals surface area contributed by atoms with Crippen LogP contribution >= 0.6 is 0 Å². The molecule has 2 fully saturated rings. The summed E-state index contributed by atoms with van der Waals surface area (Å²) in [6.07, 6.45) is 1.24. The Hall–Kier alpha value is -1.85. The molecule has 8 nitrogen and oxygen atoms in total. The van der Waals surface area contributed by atoms with Crippen LogP contribution in [0.3, 0.4) is 0 Å². The third-order valence-corrected chi connectivity index (χ3v) is 7.57. The standard InChI is InChI=1S/C20H30F2N6O2S/c1-12-7-13-9-23-19(25-16-5-6-27(11-15(16)22)31(4,29)30)26-18(13)28(12)17-8-20(2,3)24-10-14(17)21/h7,9,14-17,24H,5-6,8,10-11H2,1-4H3,(H,23,25,26)/t14-,15+,16+,17+/m0/s1. The van der Waals surface area contributed by atoms with Crippen LogP contribution in [0.15, 0.2) is 12.3 Å². The van der Waals surface area contributed by atoms with Gasteiger partial charge in [0.25, 0.3) is 0 Å². The van der Waals surface area contributed by atoms with Crippen molar-refractivity contribution < 1.29 is 17.2 Å². The van der Waals surface area contributed by atoms with Crippen molar-refractivity contribution >= 4 is 27.0 Å². The number of aryl methyl sites for hydroxylation is 1. The first kappa shape index (κ1) is 22.3. The normalized spacial score (nSPS) is 29.9. The van der Waals surface area contributed by atoms with Crippen LogP contribution in [0.1, 0.15) is 38.4 Å². The molecule has 31 heavy (non-hydrogen) atoms. The minimum atomic E-state index is -3.42. The van der Waals surface area contributed by atoms with Gasteiger partial charge in [0, 0.05) is 42.5 Å². The fourth-order valence-corrected chi connectivity index (χ4v) is 5.47. The maximum absolute atomic E-state index is 14.9. The van der Waals surface area contributed by atoms with E-state index in [0.29, 0.717) is 18.5 Å². The summed E-state index contributed by atoms with van der Waals surface area (Å²) in [4.78, 5) is 8.92. The number of rotatable bonds is 4. The number of halogens is 2. The van der Waals surface area contributed by atoms with Crippen molar-refractivity contribution in [2.24, 2.45) is 0 Å². The van der Waals surface area contributed by atoms with E-state index in [4.69, 9.17) is 0 Å². The Kier molecular flexibility index (Phi) is 5.72. The molecule has 0 aromatic carbocycles. The molecule has 4 heterocycles. The Morgan fingerprint density at radius 3 is 2.71 bits per heavy atom. The van der Waals surface area contributed by atoms with Gasteiger partial charge in [-0.3, -0.25) is 0 Å². The van der Waals surface area contributed by atoms with Gasteiger partial charge in [0.1, 0.15) is 18.0 Å². The van der Waals surface area contributed by atoms with Gasteiger partial charge in [-0.05, 0) is 39.7 Å². The molecule has 2 aliphatic rings. The highest BCUT2D eigenvalue weighted by Gasteiger charge is 2.37. The van der Waals surface area contributed by atoms with Gasteiger partial charge in [-0.2, -0.15) is 9.29 Å². The van der Waals surface area contributed by atoms with E-state index < -0.39 is 28.4 Å². The Balaban J connectivity index is 1.59. The largest absolute Gasteiger partial charge is 0.348 e. The van der Waals surface area contributed by atoms with E-state index >= 15 is 0 Å². The molecule has 2 saturated heterocycles. The first-order valence-electron chi connectivity index (χ1n) is 10.5. The SMILES string of the molecule is Cc1cc2cnc(N[C@@H]3CCN(S(C)(=O)=O)C[C@H]3F)nc2n1[C@@H]1CC(C)(C)NC[C@@H]1F. The van der Waals surface area contributed by atoms with Crippen LogP contribution in [0.25, 0.3) is 11.0 Å². The second-order valence-corrected chi connectivity index (χ2v) is 11.3. The molecule has 0 radical (unpaired) electrons. The Morgan fingerprint density at radius 2 is 2.03 bits per heavy atom. The minimum Gasteiger partial charge on any atom is -0.348 e. The smallest absolute Gasteiger partial charge is 0.224 e. The molecule has 0 aliphatic carbocycles. The maximum atomic E-state index is 14.9. The molecule has 4 atom stereocenters. The zero-order chi connectivity index (χ0) is 22.6. The summed E-state index contributed by atoms with van der Waals surface area (Å²) >= 11 is 0. The fraction of sp³-hybridized carbons (Fsp3) is 0.700. The molecule has 4 rings (SSSR count). The summed E-state index contributed by atoms with van der Waals surface area (Å²) in [5, 5.41) is 7.05. The molecule has 0 saturated carbocycles. The van der Waals surface area contributed by atoms with Gasteiger partial charge in [-0.1, -0.05) is 0 Å². The van der Waals surface area contributed by atoms with Crippen molar-refractivity contribution in [2.45, 2.75) is 63.6 Å². The van der Waals surface area contributed by atoms with Crippen molar-refractivity contribution in [3.63, 3.8) is 0 Å². The first-order chi connectivity index (χ1) is 14.4. The number of hydrogen-bond acceptors (Lipinski definition) is 6. The van der Waals surface area contributed by atoms with E-state index in [1.165, 1.54) is 0 Å². The molecule has 0 spiro atoms. The number of hydrogen-bond donors (Lipinski definition) is 2. The minimum absolute atomic E-state index is 0.193. The number of fused-ring (bicyclic) bond motifs is 1. The predicted octanol–water partition coefficient (Wildman–Crippen LogP) is 2.17. The number of anilines is 1. The summed E-state index contributed by atoms with van der Waals surface area (Å²) in [6.45, 7) is 6.35. The Labute approximate surface area is 181 Å². The van der Waals surface area contributed by atoms with E-state index in [0.717, 1.165) is 21.6 Å². The Bertz CT molecular complexity index is 1070. The summed E-state index contributed by atoms with van der Waals surface area (Å²) in [6, 6.07) is 0.985. The number of piperidine rings is 2. The molecule has 0 bridgehead atoms. The topological polar surface area (TPSA) is 92.2 Å².